The number of hydrogen-bond acceptors (Lipinski definition) is 3. The van der Waals surface area contributed by atoms with Gasteiger partial charge in [0.15, 0.2) is 0 Å². The molecule has 3 nitrogen and oxygen atoms in total. The summed E-state index contributed by atoms with van der Waals surface area (Å²) in [5.74, 6) is 2.18. The van der Waals surface area contributed by atoms with Gasteiger partial charge < -0.3 is 15.6 Å². The molecule has 3 atom stereocenters. The molecule has 0 saturated heterocycles. The Morgan fingerprint density at radius 3 is 2.64 bits per heavy atom. The van der Waals surface area contributed by atoms with Gasteiger partial charge in [-0.25, -0.2) is 0 Å². The molecule has 3 heteroatoms. The van der Waals surface area contributed by atoms with E-state index in [9.17, 15) is 5.11 Å². The van der Waals surface area contributed by atoms with Crippen LogP contribution in [0.3, 0.4) is 0 Å². The molecular weight excluding hydrogens is 346 g/mol. The summed E-state index contributed by atoms with van der Waals surface area (Å²) in [5.41, 5.74) is 11.8. The fourth-order valence-electron chi connectivity index (χ4n) is 5.08. The normalized spacial score (nSPS) is 26.8. The van der Waals surface area contributed by atoms with Crippen molar-refractivity contribution >= 4 is 0 Å². The fraction of sp³-hybridized carbons (Fsp3) is 0.520. The Labute approximate surface area is 168 Å². The number of fused-ring (bicyclic) bond motifs is 1. The fourth-order valence-corrected chi connectivity index (χ4v) is 5.08. The highest BCUT2D eigenvalue weighted by molar-refractivity contribution is 5.37. The van der Waals surface area contributed by atoms with Crippen LogP contribution in [-0.2, 0) is 19.3 Å². The number of benzene rings is 2. The van der Waals surface area contributed by atoms with Crippen LogP contribution < -0.4 is 10.5 Å². The van der Waals surface area contributed by atoms with Gasteiger partial charge in [0.25, 0.3) is 0 Å². The van der Waals surface area contributed by atoms with Crippen LogP contribution in [0.4, 0.5) is 0 Å². The van der Waals surface area contributed by atoms with Gasteiger partial charge in [-0.15, -0.1) is 0 Å². The molecule has 0 aromatic heterocycles. The van der Waals surface area contributed by atoms with Gasteiger partial charge in [0.1, 0.15) is 5.75 Å². The topological polar surface area (TPSA) is 55.5 Å². The summed E-state index contributed by atoms with van der Waals surface area (Å²) in [4.78, 5) is 0. The number of hydrogen-bond donors (Lipinski definition) is 2. The van der Waals surface area contributed by atoms with E-state index in [4.69, 9.17) is 10.5 Å². The van der Waals surface area contributed by atoms with Crippen molar-refractivity contribution < 1.29 is 9.84 Å². The average Bonchev–Trinajstić information content (AvgIpc) is 3.12. The third-order valence-corrected chi connectivity index (χ3v) is 6.75. The molecule has 2 aliphatic carbocycles. The maximum Gasteiger partial charge on any atom is 0.119 e. The molecule has 1 fully saturated rings. The van der Waals surface area contributed by atoms with E-state index >= 15 is 0 Å². The van der Waals surface area contributed by atoms with Crippen molar-refractivity contribution in [2.75, 3.05) is 13.2 Å². The molecule has 0 bridgehead atoms. The molecule has 1 unspecified atom stereocenters. The molecule has 4 rings (SSSR count). The molecule has 0 heterocycles. The van der Waals surface area contributed by atoms with Crippen LogP contribution in [0.5, 0.6) is 5.75 Å². The Bertz CT molecular complexity index is 801. The van der Waals surface area contributed by atoms with E-state index in [2.05, 4.69) is 42.5 Å². The van der Waals surface area contributed by atoms with Crippen molar-refractivity contribution in [2.45, 2.75) is 63.3 Å². The molecule has 0 amide bonds. The Kier molecular flexibility index (Phi) is 5.75. The number of rotatable bonds is 6. The molecule has 3 N–H and O–H groups in total. The zero-order valence-electron chi connectivity index (χ0n) is 17.0. The number of aryl methyl sites for hydroxylation is 1. The van der Waals surface area contributed by atoms with Crippen LogP contribution in [0, 0.1) is 5.92 Å². The van der Waals surface area contributed by atoms with Gasteiger partial charge in [-0.3, -0.25) is 0 Å². The molecule has 1 saturated carbocycles. The minimum atomic E-state index is -0.372. The molecule has 2 aliphatic rings. The molecule has 0 spiro atoms. The van der Waals surface area contributed by atoms with Crippen molar-refractivity contribution in [3.63, 3.8) is 0 Å². The number of aliphatic hydroxyl groups excluding tert-OH is 1. The summed E-state index contributed by atoms with van der Waals surface area (Å²) < 4.78 is 5.55. The van der Waals surface area contributed by atoms with Crippen molar-refractivity contribution in [2.24, 2.45) is 11.7 Å². The SMILES string of the molecule is CCOc1ccc(CC2CCc3cc([C@H]4CC[C@](N)(CO)C4)ccc3C2)cc1. The smallest absolute Gasteiger partial charge is 0.119 e. The van der Waals surface area contributed by atoms with Crippen LogP contribution >= 0.6 is 0 Å². The van der Waals surface area contributed by atoms with E-state index in [1.54, 1.807) is 0 Å². The maximum atomic E-state index is 9.54. The van der Waals surface area contributed by atoms with Crippen LogP contribution in [0.15, 0.2) is 42.5 Å². The predicted octanol–water partition coefficient (Wildman–Crippen LogP) is 4.39. The number of nitrogens with two attached hydrogens (primary N) is 1. The van der Waals surface area contributed by atoms with Crippen molar-refractivity contribution in [1.82, 2.24) is 0 Å². The van der Waals surface area contributed by atoms with Gasteiger partial charge in [-0.05, 0) is 98.1 Å². The standard InChI is InChI=1S/C25H33NO2/c1-2-28-24-9-4-18(5-10-24)13-19-3-6-21-15-22(8-7-20(21)14-19)23-11-12-25(26,16-23)17-27/h4-5,7-10,15,19,23,27H,2-3,6,11-14,16-17,26H2,1H3/t19?,23-,25+/m0/s1. The Morgan fingerprint density at radius 2 is 1.93 bits per heavy atom. The summed E-state index contributed by atoms with van der Waals surface area (Å²) in [5, 5.41) is 9.54. The second-order valence-corrected chi connectivity index (χ2v) is 8.88. The van der Waals surface area contributed by atoms with Crippen LogP contribution in [0.2, 0.25) is 0 Å². The van der Waals surface area contributed by atoms with Crippen LogP contribution in [0.1, 0.15) is 60.8 Å². The van der Waals surface area contributed by atoms with Crippen LogP contribution in [-0.4, -0.2) is 23.9 Å². The molecule has 0 aliphatic heterocycles. The first kappa shape index (κ1) is 19.5. The third kappa shape index (κ3) is 4.26. The maximum absolute atomic E-state index is 9.54. The molecule has 2 aromatic carbocycles. The number of aliphatic hydroxyl groups is 1. The highest BCUT2D eigenvalue weighted by Crippen LogP contribution is 2.40. The minimum Gasteiger partial charge on any atom is -0.494 e. The zero-order valence-corrected chi connectivity index (χ0v) is 17.0. The predicted molar refractivity (Wildman–Crippen MR) is 114 cm³/mol. The second-order valence-electron chi connectivity index (χ2n) is 8.88. The summed E-state index contributed by atoms with van der Waals surface area (Å²) in [6.45, 7) is 2.83. The Balaban J connectivity index is 1.39. The first-order valence-electron chi connectivity index (χ1n) is 10.8. The lowest BCUT2D eigenvalue weighted by Crippen LogP contribution is -2.40. The first-order chi connectivity index (χ1) is 13.6. The molecular formula is C25H33NO2. The van der Waals surface area contributed by atoms with Crippen LogP contribution in [0.25, 0.3) is 0 Å². The van der Waals surface area contributed by atoms with E-state index in [0.29, 0.717) is 18.4 Å². The lowest BCUT2D eigenvalue weighted by Gasteiger charge is -2.26. The van der Waals surface area contributed by atoms with Crippen molar-refractivity contribution in [1.29, 1.82) is 0 Å². The highest BCUT2D eigenvalue weighted by atomic mass is 16.5. The Morgan fingerprint density at radius 1 is 1.11 bits per heavy atom. The van der Waals surface area contributed by atoms with Gasteiger partial charge in [0, 0.05) is 5.54 Å². The monoisotopic (exact) mass is 379 g/mol. The summed E-state index contributed by atoms with van der Waals surface area (Å²) in [6.07, 6.45) is 7.67. The quantitative estimate of drug-likeness (QED) is 0.783. The molecule has 2 aromatic rings. The highest BCUT2D eigenvalue weighted by Gasteiger charge is 2.36. The summed E-state index contributed by atoms with van der Waals surface area (Å²) in [6, 6.07) is 15.7. The van der Waals surface area contributed by atoms with Gasteiger partial charge >= 0.3 is 0 Å². The van der Waals surface area contributed by atoms with Gasteiger partial charge in [0.2, 0.25) is 0 Å². The average molecular weight is 380 g/mol. The van der Waals surface area contributed by atoms with Crippen molar-refractivity contribution in [3.8, 4) is 5.75 Å². The van der Waals surface area contributed by atoms with E-state index in [0.717, 1.165) is 31.4 Å². The lowest BCUT2D eigenvalue weighted by atomic mass is 9.79. The van der Waals surface area contributed by atoms with Gasteiger partial charge in [0.05, 0.1) is 13.2 Å². The summed E-state index contributed by atoms with van der Waals surface area (Å²) in [7, 11) is 0. The van der Waals surface area contributed by atoms with Crippen molar-refractivity contribution in [3.05, 3.63) is 64.7 Å². The minimum absolute atomic E-state index is 0.0989. The number of ether oxygens (including phenoxy) is 1. The second kappa shape index (κ2) is 8.26. The van der Waals surface area contributed by atoms with Gasteiger partial charge in [-0.1, -0.05) is 30.3 Å². The van der Waals surface area contributed by atoms with E-state index in [1.165, 1.54) is 41.5 Å². The molecule has 28 heavy (non-hydrogen) atoms. The molecule has 150 valence electrons. The van der Waals surface area contributed by atoms with E-state index < -0.39 is 0 Å². The van der Waals surface area contributed by atoms with E-state index in [1.807, 2.05) is 6.92 Å². The van der Waals surface area contributed by atoms with Gasteiger partial charge in [-0.2, -0.15) is 0 Å². The largest absolute Gasteiger partial charge is 0.494 e. The zero-order chi connectivity index (χ0) is 19.6. The summed E-state index contributed by atoms with van der Waals surface area (Å²) >= 11 is 0. The van der Waals surface area contributed by atoms with E-state index in [-0.39, 0.29) is 12.1 Å². The third-order valence-electron chi connectivity index (χ3n) is 6.75. The Hall–Kier alpha value is -1.84. The first-order valence-corrected chi connectivity index (χ1v) is 10.8. The molecule has 0 radical (unpaired) electrons. The lowest BCUT2D eigenvalue weighted by molar-refractivity contribution is 0.198.